The maximum Gasteiger partial charge on any atom is 0.339 e. The SMILES string of the molecule is CC(=O)CC1(O)CC(C)(C)OC1=O. The molecular formula is C9H14O4. The minimum absolute atomic E-state index is 0.157. The molecule has 1 aliphatic heterocycles. The van der Waals surface area contributed by atoms with Crippen molar-refractivity contribution >= 4 is 11.8 Å². The molecule has 0 saturated carbocycles. The molecule has 1 atom stereocenters. The van der Waals surface area contributed by atoms with Crippen molar-refractivity contribution in [3.63, 3.8) is 0 Å². The van der Waals surface area contributed by atoms with Gasteiger partial charge in [-0.2, -0.15) is 0 Å². The van der Waals surface area contributed by atoms with Crippen LogP contribution in [0.15, 0.2) is 0 Å². The highest BCUT2D eigenvalue weighted by atomic mass is 16.6. The molecule has 0 spiro atoms. The fraction of sp³-hybridized carbons (Fsp3) is 0.778. The van der Waals surface area contributed by atoms with Crippen molar-refractivity contribution in [3.05, 3.63) is 0 Å². The van der Waals surface area contributed by atoms with Gasteiger partial charge in [0.2, 0.25) is 0 Å². The monoisotopic (exact) mass is 186 g/mol. The standard InChI is InChI=1S/C9H14O4/c1-6(10)4-9(12)5-8(2,3)13-7(9)11/h12H,4-5H2,1-3H3. The number of ether oxygens (including phenoxy) is 1. The topological polar surface area (TPSA) is 63.6 Å². The van der Waals surface area contributed by atoms with Crippen molar-refractivity contribution in [2.75, 3.05) is 0 Å². The molecule has 4 heteroatoms. The predicted octanol–water partition coefficient (Wildman–Crippen LogP) is 0.422. The maximum absolute atomic E-state index is 11.2. The van der Waals surface area contributed by atoms with Crippen LogP contribution in [0.1, 0.15) is 33.6 Å². The molecule has 4 nitrogen and oxygen atoms in total. The third-order valence-electron chi connectivity index (χ3n) is 2.01. The molecule has 1 heterocycles. The number of ketones is 1. The highest BCUT2D eigenvalue weighted by molar-refractivity contribution is 5.89. The van der Waals surface area contributed by atoms with Gasteiger partial charge in [-0.1, -0.05) is 0 Å². The first-order valence-corrected chi connectivity index (χ1v) is 4.20. The van der Waals surface area contributed by atoms with Gasteiger partial charge in [-0.3, -0.25) is 4.79 Å². The second kappa shape index (κ2) is 2.80. The van der Waals surface area contributed by atoms with Gasteiger partial charge in [-0.05, 0) is 20.8 Å². The van der Waals surface area contributed by atoms with E-state index in [1.807, 2.05) is 0 Å². The smallest absolute Gasteiger partial charge is 0.339 e. The van der Waals surface area contributed by atoms with Gasteiger partial charge in [0.05, 0.1) is 0 Å². The van der Waals surface area contributed by atoms with Crippen molar-refractivity contribution in [3.8, 4) is 0 Å². The summed E-state index contributed by atoms with van der Waals surface area (Å²) < 4.78 is 4.92. The first-order valence-electron chi connectivity index (χ1n) is 4.20. The van der Waals surface area contributed by atoms with Gasteiger partial charge < -0.3 is 9.84 Å². The number of carbonyl (C=O) groups is 2. The van der Waals surface area contributed by atoms with E-state index < -0.39 is 17.2 Å². The molecule has 1 aliphatic rings. The Morgan fingerprint density at radius 2 is 2.15 bits per heavy atom. The molecule has 0 aliphatic carbocycles. The average Bonchev–Trinajstić information content (AvgIpc) is 1.98. The van der Waals surface area contributed by atoms with Crippen LogP contribution in [0.3, 0.4) is 0 Å². The van der Waals surface area contributed by atoms with E-state index in [1.54, 1.807) is 13.8 Å². The number of carbonyl (C=O) groups excluding carboxylic acids is 2. The number of hydrogen-bond acceptors (Lipinski definition) is 4. The Labute approximate surface area is 76.9 Å². The van der Waals surface area contributed by atoms with Crippen molar-refractivity contribution in [1.29, 1.82) is 0 Å². The molecule has 13 heavy (non-hydrogen) atoms. The number of esters is 1. The summed E-state index contributed by atoms with van der Waals surface area (Å²) in [4.78, 5) is 22.0. The molecule has 1 fully saturated rings. The van der Waals surface area contributed by atoms with Crippen LogP contribution < -0.4 is 0 Å². The Balaban J connectivity index is 2.81. The summed E-state index contributed by atoms with van der Waals surface area (Å²) in [5, 5.41) is 9.77. The molecular weight excluding hydrogens is 172 g/mol. The number of hydrogen-bond donors (Lipinski definition) is 1. The van der Waals surface area contributed by atoms with Gasteiger partial charge >= 0.3 is 5.97 Å². The van der Waals surface area contributed by atoms with Crippen LogP contribution in [0.25, 0.3) is 0 Å². The highest BCUT2D eigenvalue weighted by Gasteiger charge is 2.52. The number of Topliss-reactive ketones (excluding diaryl/α,β-unsaturated/α-hetero) is 1. The zero-order valence-corrected chi connectivity index (χ0v) is 8.09. The summed E-state index contributed by atoms with van der Waals surface area (Å²) in [6.07, 6.45) is 0.0215. The fourth-order valence-corrected chi connectivity index (χ4v) is 1.70. The zero-order chi connectivity index (χ0) is 10.3. The van der Waals surface area contributed by atoms with Gasteiger partial charge in [-0.25, -0.2) is 4.79 Å². The van der Waals surface area contributed by atoms with Crippen molar-refractivity contribution in [2.45, 2.75) is 44.8 Å². The van der Waals surface area contributed by atoms with Crippen LogP contribution in [0.5, 0.6) is 0 Å². The van der Waals surface area contributed by atoms with Gasteiger partial charge in [0.1, 0.15) is 11.4 Å². The first-order chi connectivity index (χ1) is 5.75. The molecule has 0 aromatic heterocycles. The van der Waals surface area contributed by atoms with Crippen LogP contribution >= 0.6 is 0 Å². The second-order valence-electron chi connectivity index (χ2n) is 4.24. The highest BCUT2D eigenvalue weighted by Crippen LogP contribution is 2.35. The summed E-state index contributed by atoms with van der Waals surface area (Å²) >= 11 is 0. The van der Waals surface area contributed by atoms with Crippen molar-refractivity contribution in [2.24, 2.45) is 0 Å². The Kier molecular flexibility index (Phi) is 2.20. The molecule has 74 valence electrons. The quantitative estimate of drug-likeness (QED) is 0.635. The predicted molar refractivity (Wildman–Crippen MR) is 45.0 cm³/mol. The normalized spacial score (nSPS) is 31.5. The lowest BCUT2D eigenvalue weighted by Crippen LogP contribution is -2.36. The summed E-state index contributed by atoms with van der Waals surface area (Å²) in [5.74, 6) is -0.898. The number of cyclic esters (lactones) is 1. The van der Waals surface area contributed by atoms with E-state index in [0.29, 0.717) is 0 Å². The summed E-state index contributed by atoms with van der Waals surface area (Å²) in [6.45, 7) is 4.77. The summed E-state index contributed by atoms with van der Waals surface area (Å²) in [6, 6.07) is 0. The molecule has 0 bridgehead atoms. The Bertz CT molecular complexity index is 256. The van der Waals surface area contributed by atoms with Crippen molar-refractivity contribution < 1.29 is 19.4 Å². The van der Waals surface area contributed by atoms with E-state index in [2.05, 4.69) is 0 Å². The lowest BCUT2D eigenvalue weighted by Gasteiger charge is -2.17. The van der Waals surface area contributed by atoms with Gasteiger partial charge in [0, 0.05) is 12.8 Å². The lowest BCUT2D eigenvalue weighted by molar-refractivity contribution is -0.159. The molecule has 1 rings (SSSR count). The summed E-state index contributed by atoms with van der Waals surface area (Å²) in [7, 11) is 0. The van der Waals surface area contributed by atoms with Crippen LogP contribution in [-0.4, -0.2) is 28.1 Å². The third kappa shape index (κ3) is 2.06. The third-order valence-corrected chi connectivity index (χ3v) is 2.01. The summed E-state index contributed by atoms with van der Waals surface area (Å²) in [5.41, 5.74) is -2.27. The average molecular weight is 186 g/mol. The van der Waals surface area contributed by atoms with Gasteiger partial charge in [0.25, 0.3) is 0 Å². The van der Waals surface area contributed by atoms with Crippen LogP contribution in [0.4, 0.5) is 0 Å². The van der Waals surface area contributed by atoms with Gasteiger partial charge in [0.15, 0.2) is 5.60 Å². The second-order valence-corrected chi connectivity index (χ2v) is 4.24. The van der Waals surface area contributed by atoms with E-state index in [9.17, 15) is 14.7 Å². The number of aliphatic hydroxyl groups is 1. The minimum atomic E-state index is -1.60. The molecule has 1 N–H and O–H groups in total. The molecule has 0 amide bonds. The van der Waals surface area contributed by atoms with E-state index in [-0.39, 0.29) is 18.6 Å². The molecule has 0 aromatic carbocycles. The number of rotatable bonds is 2. The van der Waals surface area contributed by atoms with Crippen molar-refractivity contribution in [1.82, 2.24) is 0 Å². The van der Waals surface area contributed by atoms with Crippen LogP contribution in [0.2, 0.25) is 0 Å². The van der Waals surface area contributed by atoms with E-state index >= 15 is 0 Å². The van der Waals surface area contributed by atoms with Crippen LogP contribution in [0, 0.1) is 0 Å². The van der Waals surface area contributed by atoms with Crippen LogP contribution in [-0.2, 0) is 14.3 Å². The Hall–Kier alpha value is -0.900. The van der Waals surface area contributed by atoms with E-state index in [0.717, 1.165) is 0 Å². The largest absolute Gasteiger partial charge is 0.457 e. The fourth-order valence-electron chi connectivity index (χ4n) is 1.70. The Morgan fingerprint density at radius 3 is 2.46 bits per heavy atom. The molecule has 0 aromatic rings. The Morgan fingerprint density at radius 1 is 1.62 bits per heavy atom. The molecule has 0 radical (unpaired) electrons. The molecule has 1 saturated heterocycles. The first kappa shape index (κ1) is 10.2. The minimum Gasteiger partial charge on any atom is -0.457 e. The van der Waals surface area contributed by atoms with E-state index in [4.69, 9.17) is 4.74 Å². The van der Waals surface area contributed by atoms with E-state index in [1.165, 1.54) is 6.92 Å². The van der Waals surface area contributed by atoms with Gasteiger partial charge in [-0.15, -0.1) is 0 Å². The maximum atomic E-state index is 11.2. The lowest BCUT2D eigenvalue weighted by atomic mass is 9.89. The zero-order valence-electron chi connectivity index (χ0n) is 8.09. The molecule has 1 unspecified atom stereocenters.